The Balaban J connectivity index is 0.000000550. The summed E-state index contributed by atoms with van der Waals surface area (Å²) in [5.41, 5.74) is -0.154. The van der Waals surface area contributed by atoms with Gasteiger partial charge in [-0.1, -0.05) is 12.1 Å². The lowest BCUT2D eigenvalue weighted by Crippen LogP contribution is -2.46. The number of aliphatic hydroxyl groups is 2. The summed E-state index contributed by atoms with van der Waals surface area (Å²) in [7, 11) is 1.00. The van der Waals surface area contributed by atoms with Gasteiger partial charge in [0.1, 0.15) is 5.75 Å². The van der Waals surface area contributed by atoms with Crippen molar-refractivity contribution >= 4 is 7.82 Å². The second-order valence-electron chi connectivity index (χ2n) is 6.56. The first-order valence-electron chi connectivity index (χ1n) is 7.93. The van der Waals surface area contributed by atoms with Crippen LogP contribution in [0.2, 0.25) is 0 Å². The van der Waals surface area contributed by atoms with Gasteiger partial charge in [0.15, 0.2) is 0 Å². The molecule has 1 aromatic carbocycles. The van der Waals surface area contributed by atoms with E-state index in [2.05, 4.69) is 4.90 Å². The number of methoxy groups -OCH3 is 1. The molecule has 1 fully saturated rings. The van der Waals surface area contributed by atoms with E-state index in [1.165, 1.54) is 0 Å². The quantitative estimate of drug-likeness (QED) is 0.484. The topological polar surface area (TPSA) is 131 Å². The molecular weight excluding hydrogens is 349 g/mol. The van der Waals surface area contributed by atoms with Gasteiger partial charge < -0.3 is 34.5 Å². The average molecular weight is 377 g/mol. The van der Waals surface area contributed by atoms with Crippen LogP contribution in [0.5, 0.6) is 5.75 Å². The maximum absolute atomic E-state index is 11.2. The monoisotopic (exact) mass is 377 g/mol. The summed E-state index contributed by atoms with van der Waals surface area (Å²) < 4.78 is 14.1. The van der Waals surface area contributed by atoms with Crippen LogP contribution in [0.4, 0.5) is 0 Å². The molecule has 5 N–H and O–H groups in total. The summed E-state index contributed by atoms with van der Waals surface area (Å²) in [5, 5.41) is 21.2. The van der Waals surface area contributed by atoms with Crippen molar-refractivity contribution in [2.45, 2.75) is 31.0 Å². The number of phosphoric acid groups is 1. The molecule has 0 radical (unpaired) electrons. The maximum atomic E-state index is 11.2. The maximum Gasteiger partial charge on any atom is 0.466 e. The third-order valence-electron chi connectivity index (χ3n) is 4.23. The Morgan fingerprint density at radius 3 is 2.40 bits per heavy atom. The SMILES string of the molecule is COc1cccc([C@]2(O)C[C@@H](O)CC[C@H]2CN(C)C)c1.O=P(O)(O)O. The highest BCUT2D eigenvalue weighted by atomic mass is 31.2. The van der Waals surface area contributed by atoms with Gasteiger partial charge >= 0.3 is 7.82 Å². The molecule has 1 aromatic rings. The predicted octanol–water partition coefficient (Wildman–Crippen LogP) is 0.677. The molecule has 0 aliphatic heterocycles. The molecule has 0 heterocycles. The Kier molecular flexibility index (Phi) is 8.02. The van der Waals surface area contributed by atoms with E-state index in [0.29, 0.717) is 6.42 Å². The molecule has 2 rings (SSSR count). The summed E-state index contributed by atoms with van der Waals surface area (Å²) >= 11 is 0. The van der Waals surface area contributed by atoms with Crippen LogP contribution in [0.15, 0.2) is 24.3 Å². The first kappa shape index (κ1) is 22.1. The fourth-order valence-electron chi connectivity index (χ4n) is 3.19. The number of nitrogens with zero attached hydrogens (tertiary/aromatic N) is 1. The van der Waals surface area contributed by atoms with Gasteiger partial charge in [-0.05, 0) is 44.6 Å². The van der Waals surface area contributed by atoms with E-state index in [9.17, 15) is 10.2 Å². The molecule has 3 atom stereocenters. The zero-order chi connectivity index (χ0) is 19.3. The highest BCUT2D eigenvalue weighted by molar-refractivity contribution is 7.45. The van der Waals surface area contributed by atoms with Crippen molar-refractivity contribution in [3.8, 4) is 5.75 Å². The Bertz CT molecular complexity index is 583. The van der Waals surface area contributed by atoms with Crippen molar-refractivity contribution in [3.05, 3.63) is 29.8 Å². The van der Waals surface area contributed by atoms with E-state index in [0.717, 1.165) is 30.7 Å². The molecule has 0 saturated heterocycles. The minimum Gasteiger partial charge on any atom is -0.497 e. The number of hydrogen-bond donors (Lipinski definition) is 5. The predicted molar refractivity (Wildman–Crippen MR) is 93.1 cm³/mol. The van der Waals surface area contributed by atoms with Crippen molar-refractivity contribution in [1.82, 2.24) is 4.90 Å². The third-order valence-corrected chi connectivity index (χ3v) is 4.23. The highest BCUT2D eigenvalue weighted by Crippen LogP contribution is 2.42. The van der Waals surface area contributed by atoms with Gasteiger partial charge in [0.05, 0.1) is 18.8 Å². The molecule has 0 unspecified atom stereocenters. The van der Waals surface area contributed by atoms with Gasteiger partial charge in [0, 0.05) is 18.9 Å². The van der Waals surface area contributed by atoms with E-state index >= 15 is 0 Å². The van der Waals surface area contributed by atoms with E-state index in [4.69, 9.17) is 24.0 Å². The van der Waals surface area contributed by atoms with Gasteiger partial charge in [0.2, 0.25) is 0 Å². The Morgan fingerprint density at radius 2 is 1.88 bits per heavy atom. The van der Waals surface area contributed by atoms with Crippen molar-refractivity contribution in [1.29, 1.82) is 0 Å². The second-order valence-corrected chi connectivity index (χ2v) is 7.59. The van der Waals surface area contributed by atoms with Crippen LogP contribution in [-0.4, -0.2) is 63.6 Å². The van der Waals surface area contributed by atoms with Crippen molar-refractivity contribution in [3.63, 3.8) is 0 Å². The number of ether oxygens (including phenoxy) is 1. The standard InChI is InChI=1S/C16H25NO3.H3O4P/c1-17(2)11-13-7-8-14(18)10-16(13,19)12-5-4-6-15(9-12)20-3;1-5(2,3)4/h4-6,9,13-14,18-19H,7-8,10-11H2,1-3H3;(H3,1,2,3,4)/t13-,14-,16+;/m0./s1. The minimum atomic E-state index is -4.64. The second kappa shape index (κ2) is 9.09. The molecule has 0 bridgehead atoms. The van der Waals surface area contributed by atoms with E-state index in [1.54, 1.807) is 7.11 Å². The van der Waals surface area contributed by atoms with Gasteiger partial charge in [-0.2, -0.15) is 0 Å². The van der Waals surface area contributed by atoms with Crippen LogP contribution >= 0.6 is 7.82 Å². The van der Waals surface area contributed by atoms with Gasteiger partial charge in [-0.15, -0.1) is 0 Å². The molecule has 1 aliphatic carbocycles. The lowest BCUT2D eigenvalue weighted by molar-refractivity contribution is -0.0992. The Labute approximate surface area is 147 Å². The van der Waals surface area contributed by atoms with Crippen molar-refractivity contribution < 1.29 is 34.2 Å². The zero-order valence-electron chi connectivity index (χ0n) is 14.7. The number of rotatable bonds is 4. The smallest absolute Gasteiger partial charge is 0.466 e. The summed E-state index contributed by atoms with van der Waals surface area (Å²) in [6, 6.07) is 7.55. The highest BCUT2D eigenvalue weighted by Gasteiger charge is 2.43. The average Bonchev–Trinajstić information content (AvgIpc) is 2.48. The molecular formula is C16H28NO7P. The molecule has 0 amide bonds. The molecule has 1 saturated carbocycles. The van der Waals surface area contributed by atoms with Crippen LogP contribution in [-0.2, 0) is 10.2 Å². The van der Waals surface area contributed by atoms with Gasteiger partial charge in [-0.25, -0.2) is 4.57 Å². The Morgan fingerprint density at radius 1 is 1.28 bits per heavy atom. The van der Waals surface area contributed by atoms with Crippen LogP contribution in [0, 0.1) is 5.92 Å². The summed E-state index contributed by atoms with van der Waals surface area (Å²) in [6.45, 7) is 0.806. The largest absolute Gasteiger partial charge is 0.497 e. The van der Waals surface area contributed by atoms with Crippen LogP contribution in [0.1, 0.15) is 24.8 Å². The molecule has 8 nitrogen and oxygen atoms in total. The minimum absolute atomic E-state index is 0.119. The number of aliphatic hydroxyl groups excluding tert-OH is 1. The van der Waals surface area contributed by atoms with Crippen LogP contribution < -0.4 is 4.74 Å². The van der Waals surface area contributed by atoms with Gasteiger partial charge in [0.25, 0.3) is 0 Å². The first-order valence-corrected chi connectivity index (χ1v) is 9.50. The van der Waals surface area contributed by atoms with Crippen LogP contribution in [0.25, 0.3) is 0 Å². The summed E-state index contributed by atoms with van der Waals surface area (Å²) in [6.07, 6.45) is 1.53. The normalized spacial score (nSPS) is 26.8. The molecule has 9 heteroatoms. The fourth-order valence-corrected chi connectivity index (χ4v) is 3.19. The lowest BCUT2D eigenvalue weighted by Gasteiger charge is -2.43. The van der Waals surface area contributed by atoms with E-state index < -0.39 is 19.5 Å². The number of hydrogen-bond acceptors (Lipinski definition) is 5. The molecule has 1 aliphatic rings. The third kappa shape index (κ3) is 7.42. The molecule has 144 valence electrons. The molecule has 25 heavy (non-hydrogen) atoms. The zero-order valence-corrected chi connectivity index (χ0v) is 15.6. The van der Waals surface area contributed by atoms with E-state index in [-0.39, 0.29) is 5.92 Å². The van der Waals surface area contributed by atoms with Crippen molar-refractivity contribution in [2.24, 2.45) is 5.92 Å². The Hall–Kier alpha value is -0.990. The first-order chi connectivity index (χ1) is 11.5. The summed E-state index contributed by atoms with van der Waals surface area (Å²) in [4.78, 5) is 23.7. The molecule has 0 spiro atoms. The number of benzene rings is 1. The van der Waals surface area contributed by atoms with Gasteiger partial charge in [-0.3, -0.25) is 0 Å². The molecule has 0 aromatic heterocycles. The fraction of sp³-hybridized carbons (Fsp3) is 0.625. The van der Waals surface area contributed by atoms with Crippen molar-refractivity contribution in [2.75, 3.05) is 27.7 Å². The lowest BCUT2D eigenvalue weighted by atomic mass is 9.70. The summed E-state index contributed by atoms with van der Waals surface area (Å²) in [5.74, 6) is 0.854. The van der Waals surface area contributed by atoms with E-state index in [1.807, 2.05) is 38.4 Å². The van der Waals surface area contributed by atoms with Crippen LogP contribution in [0.3, 0.4) is 0 Å².